The fraction of sp³-hybridized carbons (Fsp3) is 0.857. The molecule has 276 valence electrons. The summed E-state index contributed by atoms with van der Waals surface area (Å²) in [5.41, 5.74) is 2.06. The minimum Gasteiger partial charge on any atom is -0.461 e. The van der Waals surface area contributed by atoms with Gasteiger partial charge in [0.15, 0.2) is 12.6 Å². The largest absolute Gasteiger partial charge is 0.461 e. The van der Waals surface area contributed by atoms with Gasteiger partial charge in [0, 0.05) is 5.41 Å². The van der Waals surface area contributed by atoms with Gasteiger partial charge in [0.1, 0.15) is 55.4 Å². The third-order valence-electron chi connectivity index (χ3n) is 13.5. The van der Waals surface area contributed by atoms with E-state index in [0.29, 0.717) is 32.3 Å². The second-order valence-electron chi connectivity index (χ2n) is 15.8. The van der Waals surface area contributed by atoms with Crippen LogP contribution >= 0.6 is 0 Å². The summed E-state index contributed by atoms with van der Waals surface area (Å²) in [4.78, 5) is 11.9. The number of aliphatic hydroxyl groups excluding tert-OH is 7. The van der Waals surface area contributed by atoms with E-state index in [4.69, 9.17) is 23.7 Å². The van der Waals surface area contributed by atoms with Gasteiger partial charge in [0.05, 0.1) is 31.3 Å². The summed E-state index contributed by atoms with van der Waals surface area (Å²) in [5, 5.41) is 85.0. The number of ether oxygens (including phenoxy) is 5. The first-order valence-electron chi connectivity index (χ1n) is 17.8. The van der Waals surface area contributed by atoms with Gasteiger partial charge in [0.25, 0.3) is 0 Å². The molecule has 0 aromatic rings. The fourth-order valence-electron chi connectivity index (χ4n) is 10.6. The van der Waals surface area contributed by atoms with E-state index in [2.05, 4.69) is 19.9 Å². The van der Waals surface area contributed by atoms with Crippen LogP contribution in [0.1, 0.15) is 71.6 Å². The molecule has 0 amide bonds. The molecule has 0 spiro atoms. The first kappa shape index (κ1) is 35.9. The maximum Gasteiger partial charge on any atom is 0.310 e. The lowest BCUT2D eigenvalue weighted by Gasteiger charge is -2.60. The molecule has 3 aliphatic heterocycles. The smallest absolute Gasteiger partial charge is 0.310 e. The molecule has 49 heavy (non-hydrogen) atoms. The van der Waals surface area contributed by atoms with E-state index in [1.54, 1.807) is 0 Å². The van der Waals surface area contributed by atoms with Gasteiger partial charge in [-0.3, -0.25) is 4.79 Å². The van der Waals surface area contributed by atoms with Gasteiger partial charge in [-0.1, -0.05) is 31.1 Å². The van der Waals surface area contributed by atoms with Gasteiger partial charge in [-0.2, -0.15) is 0 Å². The number of aliphatic hydroxyl groups is 8. The molecule has 0 bridgehead atoms. The van der Waals surface area contributed by atoms with Crippen LogP contribution in [0.15, 0.2) is 22.8 Å². The van der Waals surface area contributed by atoms with E-state index in [-0.39, 0.29) is 29.3 Å². The molecule has 0 radical (unpaired) electrons. The zero-order chi connectivity index (χ0) is 35.0. The highest BCUT2D eigenvalue weighted by atomic mass is 16.7. The minimum atomic E-state index is -1.76. The van der Waals surface area contributed by atoms with Gasteiger partial charge in [0.2, 0.25) is 0 Å². The molecule has 14 nitrogen and oxygen atoms in total. The molecule has 14 heteroatoms. The predicted molar refractivity (Wildman–Crippen MR) is 167 cm³/mol. The number of hydrogen-bond acceptors (Lipinski definition) is 14. The Morgan fingerprint density at radius 3 is 2.20 bits per heavy atom. The van der Waals surface area contributed by atoms with Crippen LogP contribution in [0.3, 0.4) is 0 Å². The van der Waals surface area contributed by atoms with Gasteiger partial charge >= 0.3 is 5.97 Å². The monoisotopic (exact) mass is 696 g/mol. The molecule has 0 aromatic carbocycles. The minimum absolute atomic E-state index is 0.0733. The number of allylic oxidation sites excluding steroid dienone is 1. The molecule has 8 N–H and O–H groups in total. The zero-order valence-corrected chi connectivity index (χ0v) is 28.1. The van der Waals surface area contributed by atoms with Crippen LogP contribution in [0, 0.1) is 22.7 Å². The molecule has 3 heterocycles. The summed E-state index contributed by atoms with van der Waals surface area (Å²) in [6.45, 7) is 3.48. The Morgan fingerprint density at radius 1 is 0.837 bits per heavy atom. The average Bonchev–Trinajstić information content (AvgIpc) is 3.63. The highest BCUT2D eigenvalue weighted by Gasteiger charge is 2.65. The second-order valence-corrected chi connectivity index (χ2v) is 15.8. The molecule has 7 rings (SSSR count). The van der Waals surface area contributed by atoms with Gasteiger partial charge in [-0.05, 0) is 74.2 Å². The van der Waals surface area contributed by atoms with Crippen LogP contribution in [0.5, 0.6) is 0 Å². The van der Waals surface area contributed by atoms with Crippen molar-refractivity contribution in [2.24, 2.45) is 22.7 Å². The van der Waals surface area contributed by atoms with Crippen LogP contribution in [0.4, 0.5) is 0 Å². The Morgan fingerprint density at radius 2 is 1.53 bits per heavy atom. The number of hydrogen-bond donors (Lipinski definition) is 8. The normalized spacial score (nSPS) is 53.0. The lowest BCUT2D eigenvalue weighted by Crippen LogP contribution is -2.65. The van der Waals surface area contributed by atoms with Gasteiger partial charge < -0.3 is 64.5 Å². The van der Waals surface area contributed by atoms with Crippen molar-refractivity contribution < 1.29 is 69.3 Å². The Kier molecular flexibility index (Phi) is 9.62. The highest BCUT2D eigenvalue weighted by Crippen LogP contribution is 2.68. The van der Waals surface area contributed by atoms with E-state index in [1.165, 1.54) is 11.1 Å². The lowest BCUT2D eigenvalue weighted by molar-refractivity contribution is -0.364. The van der Waals surface area contributed by atoms with E-state index in [0.717, 1.165) is 37.7 Å². The molecule has 0 unspecified atom stereocenters. The van der Waals surface area contributed by atoms with Crippen molar-refractivity contribution in [2.45, 2.75) is 145 Å². The number of fused-ring (bicyclic) bond motifs is 5. The molecular weight excluding hydrogens is 644 g/mol. The summed E-state index contributed by atoms with van der Waals surface area (Å²) in [5.74, 6) is 0.140. The van der Waals surface area contributed by atoms with Crippen molar-refractivity contribution in [1.29, 1.82) is 0 Å². The van der Waals surface area contributed by atoms with Crippen molar-refractivity contribution in [3.63, 3.8) is 0 Å². The number of esters is 1. The highest BCUT2D eigenvalue weighted by molar-refractivity contribution is 5.76. The molecule has 0 aromatic heterocycles. The first-order chi connectivity index (χ1) is 23.3. The van der Waals surface area contributed by atoms with E-state index in [1.807, 2.05) is 0 Å². The number of carbonyl (C=O) groups excluding carboxylic acids is 1. The SMILES string of the molecule is C[C@]12CC[C@@H](O[C@H]3O[C@@H](CO)[C@@H](O)[C@@H](O[C@H]4O[C@@H](CO)[C@@H](O)[C@@H](O)[C@H]4O)[C@H]3O)CC1=CC[C@@H]1[C@@H]2CC[C@@]2(C)/C(=C3\COC(=O)C3)CC[C@]12O. The summed E-state index contributed by atoms with van der Waals surface area (Å²) in [6.07, 6.45) is -6.93. The predicted octanol–water partition coefficient (Wildman–Crippen LogP) is -0.683. The van der Waals surface area contributed by atoms with Crippen LogP contribution < -0.4 is 0 Å². The zero-order valence-electron chi connectivity index (χ0n) is 28.1. The molecular formula is C35H52O14. The van der Waals surface area contributed by atoms with Crippen molar-refractivity contribution in [2.75, 3.05) is 19.8 Å². The van der Waals surface area contributed by atoms with Gasteiger partial charge in [-0.15, -0.1) is 0 Å². The number of carbonyl (C=O) groups is 1. The summed E-state index contributed by atoms with van der Waals surface area (Å²) in [6, 6.07) is 0. The van der Waals surface area contributed by atoms with Crippen molar-refractivity contribution in [3.8, 4) is 0 Å². The van der Waals surface area contributed by atoms with Crippen molar-refractivity contribution in [1.82, 2.24) is 0 Å². The Hall–Kier alpha value is -1.53. The topological polar surface area (TPSA) is 225 Å². The Balaban J connectivity index is 1.05. The summed E-state index contributed by atoms with van der Waals surface area (Å²) >= 11 is 0. The van der Waals surface area contributed by atoms with Crippen LogP contribution in [-0.2, 0) is 28.5 Å². The number of rotatable bonds is 6. The van der Waals surface area contributed by atoms with E-state index >= 15 is 0 Å². The maximum absolute atomic E-state index is 12.5. The lowest BCUT2D eigenvalue weighted by atomic mass is 9.46. The first-order valence-corrected chi connectivity index (χ1v) is 17.8. The van der Waals surface area contributed by atoms with Crippen molar-refractivity contribution in [3.05, 3.63) is 22.8 Å². The maximum atomic E-state index is 12.5. The van der Waals surface area contributed by atoms with Gasteiger partial charge in [-0.25, -0.2) is 0 Å². The van der Waals surface area contributed by atoms with Crippen LogP contribution in [0.2, 0.25) is 0 Å². The second kappa shape index (κ2) is 13.2. The number of cyclic esters (lactones) is 1. The molecule has 3 saturated carbocycles. The third-order valence-corrected chi connectivity index (χ3v) is 13.5. The summed E-state index contributed by atoms with van der Waals surface area (Å²) in [7, 11) is 0. The fourth-order valence-corrected chi connectivity index (χ4v) is 10.6. The van der Waals surface area contributed by atoms with Crippen LogP contribution in [-0.4, -0.2) is 140 Å². The standard InChI is InChI=1S/C35H52O14/c1-33-8-5-18(46-32-29(43)30(26(40)23(14-37)48-32)49-31-28(42)27(41)25(39)22(13-36)47-31)12-17(33)3-4-21-20(33)6-9-34(2)19(7-10-35(21,34)44)16-11-24(38)45-15-16/h3,18,20-23,25-32,36-37,39-44H,4-15H2,1-2H3/b19-16-/t18-,20+,21-,22+,23+,25-,26-,27-,28-,29-,30-,31-,32+,33+,34+,35+/m1/s1. The molecule has 7 aliphatic rings. The molecule has 3 saturated heterocycles. The summed E-state index contributed by atoms with van der Waals surface area (Å²) < 4.78 is 28.6. The Labute approximate surface area is 285 Å². The molecule has 16 atom stereocenters. The third kappa shape index (κ3) is 5.66. The van der Waals surface area contributed by atoms with Crippen molar-refractivity contribution >= 4 is 5.97 Å². The molecule has 6 fully saturated rings. The van der Waals surface area contributed by atoms with E-state index in [9.17, 15) is 45.6 Å². The Bertz CT molecular complexity index is 1330. The molecule has 4 aliphatic carbocycles. The quantitative estimate of drug-likeness (QED) is 0.127. The average molecular weight is 697 g/mol. The van der Waals surface area contributed by atoms with E-state index < -0.39 is 85.6 Å². The van der Waals surface area contributed by atoms with Crippen LogP contribution in [0.25, 0.3) is 0 Å².